The monoisotopic (exact) mass is 334 g/mol. The summed E-state index contributed by atoms with van der Waals surface area (Å²) in [6.45, 7) is 8.16. The third kappa shape index (κ3) is 4.23. The number of hydrogen-bond acceptors (Lipinski definition) is 2. The Labute approximate surface area is 137 Å². The van der Waals surface area contributed by atoms with Crippen molar-refractivity contribution >= 4 is 7.82 Å². The van der Waals surface area contributed by atoms with Crippen molar-refractivity contribution < 1.29 is 18.9 Å². The lowest BCUT2D eigenvalue weighted by molar-refractivity contribution is 0.282. The number of rotatable bonds is 5. The molecule has 5 heteroatoms. The van der Waals surface area contributed by atoms with Gasteiger partial charge in [0, 0.05) is 5.56 Å². The molecule has 0 amide bonds. The molecule has 2 rings (SSSR count). The summed E-state index contributed by atoms with van der Waals surface area (Å²) in [6.07, 6.45) is 0. The summed E-state index contributed by atoms with van der Waals surface area (Å²) in [5.41, 5.74) is 4.07. The Hall–Kier alpha value is -1.61. The second-order valence-corrected chi connectivity index (χ2v) is 7.36. The second-order valence-electron chi connectivity index (χ2n) is 6.20. The first kappa shape index (κ1) is 17.7. The molecule has 2 N–H and O–H groups in total. The third-order valence-corrected chi connectivity index (χ3v) is 4.14. The van der Waals surface area contributed by atoms with Crippen LogP contribution in [0.4, 0.5) is 0 Å². The van der Waals surface area contributed by atoms with E-state index in [1.54, 1.807) is 6.07 Å². The molecule has 0 radical (unpaired) electrons. The van der Waals surface area contributed by atoms with Gasteiger partial charge in [-0.05, 0) is 34.6 Å². The summed E-state index contributed by atoms with van der Waals surface area (Å²) < 4.78 is 16.2. The van der Waals surface area contributed by atoms with Gasteiger partial charge >= 0.3 is 7.82 Å². The van der Waals surface area contributed by atoms with Gasteiger partial charge in [0.15, 0.2) is 0 Å². The van der Waals surface area contributed by atoms with Crippen molar-refractivity contribution in [3.63, 3.8) is 0 Å². The molecular formula is C18H23O4P. The van der Waals surface area contributed by atoms with E-state index in [0.29, 0.717) is 0 Å². The van der Waals surface area contributed by atoms with Gasteiger partial charge < -0.3 is 4.52 Å². The average Bonchev–Trinajstić information content (AvgIpc) is 2.45. The highest BCUT2D eigenvalue weighted by molar-refractivity contribution is 7.46. The van der Waals surface area contributed by atoms with E-state index in [4.69, 9.17) is 4.52 Å². The predicted octanol–water partition coefficient (Wildman–Crippen LogP) is 5.07. The lowest BCUT2D eigenvalue weighted by atomic mass is 9.84. The Morgan fingerprint density at radius 3 is 1.91 bits per heavy atom. The fourth-order valence-electron chi connectivity index (χ4n) is 2.91. The molecule has 0 saturated heterocycles. The maximum atomic E-state index is 11.3. The van der Waals surface area contributed by atoms with Crippen molar-refractivity contribution in [2.75, 3.05) is 0 Å². The van der Waals surface area contributed by atoms with Crippen LogP contribution in [0.3, 0.4) is 0 Å². The van der Waals surface area contributed by atoms with Gasteiger partial charge in [0.1, 0.15) is 5.75 Å². The molecular weight excluding hydrogens is 311 g/mol. The first-order valence-electron chi connectivity index (χ1n) is 7.68. The molecule has 2 aromatic carbocycles. The standard InChI is InChI=1S/C18H23O4P/c1-12(2)17-15(14-8-6-5-7-9-14)10-11-16(18(17)13(3)4)22-23(19,20)21/h5-13H,1-4H3,(H2,19,20,21). The quantitative estimate of drug-likeness (QED) is 0.749. The minimum Gasteiger partial charge on any atom is -0.404 e. The van der Waals surface area contributed by atoms with Crippen LogP contribution in [-0.4, -0.2) is 9.79 Å². The van der Waals surface area contributed by atoms with Crippen LogP contribution in [-0.2, 0) is 4.57 Å². The lowest BCUT2D eigenvalue weighted by Gasteiger charge is -2.24. The zero-order valence-corrected chi connectivity index (χ0v) is 14.7. The summed E-state index contributed by atoms with van der Waals surface area (Å²) in [7, 11) is -4.59. The number of phosphoric ester groups is 1. The van der Waals surface area contributed by atoms with Crippen molar-refractivity contribution in [1.29, 1.82) is 0 Å². The van der Waals surface area contributed by atoms with Crippen LogP contribution in [0.2, 0.25) is 0 Å². The van der Waals surface area contributed by atoms with Crippen LogP contribution in [0.5, 0.6) is 5.75 Å². The molecule has 0 aliphatic heterocycles. The van der Waals surface area contributed by atoms with Crippen LogP contribution < -0.4 is 4.52 Å². The van der Waals surface area contributed by atoms with Gasteiger partial charge in [-0.2, -0.15) is 0 Å². The summed E-state index contributed by atoms with van der Waals surface area (Å²) in [5, 5.41) is 0. The zero-order valence-electron chi connectivity index (χ0n) is 13.9. The van der Waals surface area contributed by atoms with Crippen LogP contribution >= 0.6 is 7.82 Å². The van der Waals surface area contributed by atoms with Crippen molar-refractivity contribution in [2.24, 2.45) is 0 Å². The van der Waals surface area contributed by atoms with E-state index < -0.39 is 7.82 Å². The van der Waals surface area contributed by atoms with Crippen LogP contribution in [0.15, 0.2) is 42.5 Å². The van der Waals surface area contributed by atoms with Crippen molar-refractivity contribution in [3.8, 4) is 16.9 Å². The summed E-state index contributed by atoms with van der Waals surface area (Å²) in [6, 6.07) is 13.5. The van der Waals surface area contributed by atoms with E-state index in [9.17, 15) is 14.4 Å². The van der Waals surface area contributed by atoms with E-state index in [0.717, 1.165) is 22.3 Å². The van der Waals surface area contributed by atoms with Crippen LogP contribution in [0.1, 0.15) is 50.7 Å². The average molecular weight is 334 g/mol. The van der Waals surface area contributed by atoms with E-state index in [2.05, 4.69) is 13.8 Å². The fourth-order valence-corrected chi connectivity index (χ4v) is 3.33. The fraction of sp³-hybridized carbons (Fsp3) is 0.333. The molecule has 0 bridgehead atoms. The summed E-state index contributed by atoms with van der Waals surface area (Å²) in [4.78, 5) is 18.4. The smallest absolute Gasteiger partial charge is 0.404 e. The minimum absolute atomic E-state index is 0.0811. The van der Waals surface area contributed by atoms with Crippen molar-refractivity contribution in [3.05, 3.63) is 53.6 Å². The highest BCUT2D eigenvalue weighted by Crippen LogP contribution is 2.46. The molecule has 0 heterocycles. The Morgan fingerprint density at radius 2 is 1.43 bits per heavy atom. The highest BCUT2D eigenvalue weighted by atomic mass is 31.2. The van der Waals surface area contributed by atoms with Gasteiger partial charge in [-0.3, -0.25) is 9.79 Å². The Bertz CT molecular complexity index is 717. The first-order valence-corrected chi connectivity index (χ1v) is 9.21. The molecule has 0 aliphatic carbocycles. The number of phosphoric acid groups is 1. The van der Waals surface area contributed by atoms with Crippen LogP contribution in [0, 0.1) is 0 Å². The maximum absolute atomic E-state index is 11.3. The van der Waals surface area contributed by atoms with E-state index >= 15 is 0 Å². The minimum atomic E-state index is -4.59. The lowest BCUT2D eigenvalue weighted by Crippen LogP contribution is -2.05. The van der Waals surface area contributed by atoms with Gasteiger partial charge in [0.25, 0.3) is 0 Å². The Morgan fingerprint density at radius 1 is 0.870 bits per heavy atom. The predicted molar refractivity (Wildman–Crippen MR) is 92.7 cm³/mol. The van der Waals surface area contributed by atoms with Gasteiger partial charge in [-0.15, -0.1) is 0 Å². The number of hydrogen-bond donors (Lipinski definition) is 2. The van der Waals surface area contributed by atoms with E-state index in [1.165, 1.54) is 0 Å². The topological polar surface area (TPSA) is 66.8 Å². The summed E-state index contributed by atoms with van der Waals surface area (Å²) in [5.74, 6) is 0.539. The second kappa shape index (κ2) is 6.88. The highest BCUT2D eigenvalue weighted by Gasteiger charge is 2.24. The van der Waals surface area contributed by atoms with Crippen molar-refractivity contribution in [2.45, 2.75) is 39.5 Å². The van der Waals surface area contributed by atoms with E-state index in [-0.39, 0.29) is 17.6 Å². The normalized spacial score (nSPS) is 12.0. The molecule has 0 atom stereocenters. The van der Waals surface area contributed by atoms with E-state index in [1.807, 2.05) is 50.2 Å². The third-order valence-electron chi connectivity index (χ3n) is 3.70. The molecule has 0 aliphatic rings. The molecule has 0 spiro atoms. The SMILES string of the molecule is CC(C)c1c(OP(=O)(O)O)ccc(-c2ccccc2)c1C(C)C. The van der Waals surface area contributed by atoms with Crippen molar-refractivity contribution in [1.82, 2.24) is 0 Å². The Balaban J connectivity index is 2.72. The molecule has 124 valence electrons. The molecule has 23 heavy (non-hydrogen) atoms. The molecule has 4 nitrogen and oxygen atoms in total. The van der Waals surface area contributed by atoms with Gasteiger partial charge in [0.05, 0.1) is 0 Å². The number of benzene rings is 2. The van der Waals surface area contributed by atoms with Gasteiger partial charge in [-0.25, -0.2) is 4.57 Å². The molecule has 0 saturated carbocycles. The molecule has 0 fully saturated rings. The zero-order chi connectivity index (χ0) is 17.2. The Kier molecular flexibility index (Phi) is 5.30. The summed E-state index contributed by atoms with van der Waals surface area (Å²) >= 11 is 0. The van der Waals surface area contributed by atoms with Gasteiger partial charge in [0.2, 0.25) is 0 Å². The molecule has 0 unspecified atom stereocenters. The first-order chi connectivity index (χ1) is 10.7. The van der Waals surface area contributed by atoms with Gasteiger partial charge in [-0.1, -0.05) is 64.1 Å². The largest absolute Gasteiger partial charge is 0.524 e. The molecule has 0 aromatic heterocycles. The maximum Gasteiger partial charge on any atom is 0.524 e. The van der Waals surface area contributed by atoms with Crippen LogP contribution in [0.25, 0.3) is 11.1 Å². The molecule has 2 aromatic rings.